The first-order valence-corrected chi connectivity index (χ1v) is 16.7. The van der Waals surface area contributed by atoms with Gasteiger partial charge in [0.25, 0.3) is 6.43 Å². The van der Waals surface area contributed by atoms with Crippen LogP contribution in [0.2, 0.25) is 0 Å². The molecule has 0 bridgehead atoms. The maximum absolute atomic E-state index is 13.7. The van der Waals surface area contributed by atoms with Crippen molar-refractivity contribution in [3.8, 4) is 28.7 Å². The van der Waals surface area contributed by atoms with Crippen LogP contribution in [-0.4, -0.2) is 51.0 Å². The van der Waals surface area contributed by atoms with Gasteiger partial charge in [0.2, 0.25) is 5.89 Å². The number of methoxy groups -OCH3 is 1. The molecule has 1 saturated heterocycles. The molecule has 3 aromatic carbocycles. The van der Waals surface area contributed by atoms with E-state index in [1.807, 2.05) is 61.5 Å². The zero-order valence-corrected chi connectivity index (χ0v) is 28.7. The number of ether oxygens (including phenoxy) is 1. The Bertz CT molecular complexity index is 2300. The molecule has 1 fully saturated rings. The highest BCUT2D eigenvalue weighted by molar-refractivity contribution is 9.10. The van der Waals surface area contributed by atoms with Crippen LogP contribution in [0.3, 0.4) is 0 Å². The molecule has 0 unspecified atom stereocenters. The number of hydrogen-bond donors (Lipinski definition) is 1. The van der Waals surface area contributed by atoms with E-state index in [1.54, 1.807) is 12.3 Å². The number of piperidine rings is 1. The molecule has 0 aliphatic carbocycles. The van der Waals surface area contributed by atoms with Crippen molar-refractivity contribution in [1.82, 2.24) is 24.8 Å². The number of alkyl halides is 2. The molecule has 0 atom stereocenters. The van der Waals surface area contributed by atoms with E-state index in [0.717, 1.165) is 53.7 Å². The molecule has 7 rings (SSSR count). The number of carbonyl (C=O) groups excluding carboxylic acids is 1. The van der Waals surface area contributed by atoms with Crippen LogP contribution in [0.5, 0.6) is 0 Å². The maximum Gasteiger partial charge on any atom is 0.308 e. The molecule has 0 amide bonds. The summed E-state index contributed by atoms with van der Waals surface area (Å²) >= 11 is 3.33. The molecular formula is C37H30BrF2N7O3. The summed E-state index contributed by atoms with van der Waals surface area (Å²) in [4.78, 5) is 31.4. The largest absolute Gasteiger partial charge is 0.469 e. The van der Waals surface area contributed by atoms with Gasteiger partial charge in [-0.2, -0.15) is 5.26 Å². The molecule has 1 aliphatic heterocycles. The van der Waals surface area contributed by atoms with Crippen LogP contribution in [-0.2, 0) is 16.1 Å². The van der Waals surface area contributed by atoms with Crippen LogP contribution in [0, 0.1) is 24.2 Å². The van der Waals surface area contributed by atoms with Gasteiger partial charge in [-0.05, 0) is 107 Å². The van der Waals surface area contributed by atoms with Crippen LogP contribution in [0.25, 0.3) is 44.7 Å². The first-order valence-electron chi connectivity index (χ1n) is 15.9. The summed E-state index contributed by atoms with van der Waals surface area (Å²) in [6, 6.07) is 21.1. The summed E-state index contributed by atoms with van der Waals surface area (Å²) in [5, 5.41) is 13.2. The Morgan fingerprint density at radius 1 is 1.08 bits per heavy atom. The summed E-state index contributed by atoms with van der Waals surface area (Å²) in [6.07, 6.45) is 0.177. The second-order valence-corrected chi connectivity index (χ2v) is 13.0. The van der Waals surface area contributed by atoms with E-state index < -0.39 is 12.2 Å². The van der Waals surface area contributed by atoms with Crippen LogP contribution < -0.4 is 5.32 Å². The van der Waals surface area contributed by atoms with Crippen molar-refractivity contribution < 1.29 is 22.7 Å². The summed E-state index contributed by atoms with van der Waals surface area (Å²) < 4.78 is 39.1. The molecule has 252 valence electrons. The van der Waals surface area contributed by atoms with Gasteiger partial charge in [0.05, 0.1) is 24.1 Å². The van der Waals surface area contributed by atoms with E-state index in [4.69, 9.17) is 14.1 Å². The van der Waals surface area contributed by atoms with Gasteiger partial charge in [-0.15, -0.1) is 0 Å². The minimum atomic E-state index is -2.85. The molecule has 1 aliphatic rings. The van der Waals surface area contributed by atoms with Gasteiger partial charge in [0.15, 0.2) is 17.2 Å². The summed E-state index contributed by atoms with van der Waals surface area (Å²) in [7, 11) is 1.42. The van der Waals surface area contributed by atoms with Gasteiger partial charge in [0, 0.05) is 28.5 Å². The number of likely N-dealkylation sites (tertiary alicyclic amines) is 1. The van der Waals surface area contributed by atoms with Gasteiger partial charge >= 0.3 is 5.97 Å². The van der Waals surface area contributed by atoms with Crippen LogP contribution in [0.15, 0.2) is 75.8 Å². The average molecular weight is 739 g/mol. The number of aromatic nitrogens is 4. The number of oxazole rings is 1. The van der Waals surface area contributed by atoms with Crippen molar-refractivity contribution in [3.05, 3.63) is 93.8 Å². The fourth-order valence-electron chi connectivity index (χ4n) is 6.37. The lowest BCUT2D eigenvalue weighted by Crippen LogP contribution is -2.36. The fraction of sp³-hybridized carbons (Fsp3) is 0.243. The number of nitriles is 1. The Hall–Kier alpha value is -5.32. The summed E-state index contributed by atoms with van der Waals surface area (Å²) in [5.74, 6) is -0.275. The number of fused-ring (bicyclic) bond motifs is 2. The fourth-order valence-corrected chi connectivity index (χ4v) is 6.69. The van der Waals surface area contributed by atoms with Crippen molar-refractivity contribution >= 4 is 55.5 Å². The lowest BCUT2D eigenvalue weighted by Gasteiger charge is -2.30. The molecule has 0 radical (unpaired) electrons. The number of pyridine rings is 1. The molecule has 10 nitrogen and oxygen atoms in total. The Morgan fingerprint density at radius 3 is 2.62 bits per heavy atom. The highest BCUT2D eigenvalue weighted by atomic mass is 79.9. The van der Waals surface area contributed by atoms with Crippen molar-refractivity contribution in [2.45, 2.75) is 32.7 Å². The van der Waals surface area contributed by atoms with Gasteiger partial charge in [-0.25, -0.2) is 28.7 Å². The summed E-state index contributed by atoms with van der Waals surface area (Å²) in [5.41, 5.74) is 7.04. The molecule has 1 N–H and O–H groups in total. The molecule has 6 aromatic rings. The minimum Gasteiger partial charge on any atom is -0.469 e. The van der Waals surface area contributed by atoms with E-state index in [9.17, 15) is 18.8 Å². The number of carbonyl (C=O) groups is 1. The predicted molar refractivity (Wildman–Crippen MR) is 188 cm³/mol. The number of nitrogens with zero attached hydrogens (tertiary/aromatic N) is 6. The first kappa shape index (κ1) is 33.2. The predicted octanol–water partition coefficient (Wildman–Crippen LogP) is 8.51. The number of benzene rings is 3. The third kappa shape index (κ3) is 6.64. The van der Waals surface area contributed by atoms with Gasteiger partial charge in [-0.3, -0.25) is 9.69 Å². The van der Waals surface area contributed by atoms with Crippen molar-refractivity contribution in [1.29, 1.82) is 5.26 Å². The number of hydrogen-bond acceptors (Lipinski definition) is 10. The second kappa shape index (κ2) is 13.9. The molecule has 13 heteroatoms. The molecular weight excluding hydrogens is 708 g/mol. The number of rotatable bonds is 8. The molecule has 0 saturated carbocycles. The topological polar surface area (TPSA) is 130 Å². The van der Waals surface area contributed by atoms with Gasteiger partial charge in [0.1, 0.15) is 17.1 Å². The smallest absolute Gasteiger partial charge is 0.308 e. The van der Waals surface area contributed by atoms with E-state index in [1.165, 1.54) is 7.11 Å². The van der Waals surface area contributed by atoms with E-state index in [0.29, 0.717) is 50.3 Å². The van der Waals surface area contributed by atoms with Gasteiger partial charge in [-0.1, -0.05) is 24.3 Å². The van der Waals surface area contributed by atoms with Crippen molar-refractivity contribution in [3.63, 3.8) is 0 Å². The lowest BCUT2D eigenvalue weighted by molar-refractivity contribution is -0.147. The van der Waals surface area contributed by atoms with Crippen molar-refractivity contribution in [2.24, 2.45) is 5.92 Å². The number of nitrogens with one attached hydrogen (secondary N) is 1. The van der Waals surface area contributed by atoms with E-state index >= 15 is 0 Å². The molecule has 3 aromatic heterocycles. The average Bonchev–Trinajstić information content (AvgIpc) is 3.56. The van der Waals surface area contributed by atoms with E-state index in [-0.39, 0.29) is 17.7 Å². The molecule has 4 heterocycles. The number of esters is 1. The van der Waals surface area contributed by atoms with Crippen LogP contribution in [0.1, 0.15) is 41.8 Å². The van der Waals surface area contributed by atoms with Gasteiger partial charge < -0.3 is 14.5 Å². The quantitative estimate of drug-likeness (QED) is 0.152. The van der Waals surface area contributed by atoms with Crippen molar-refractivity contribution in [2.75, 3.05) is 25.5 Å². The Balaban J connectivity index is 1.17. The zero-order valence-electron chi connectivity index (χ0n) is 27.1. The third-order valence-electron chi connectivity index (χ3n) is 8.92. The molecule has 0 spiro atoms. The zero-order chi connectivity index (χ0) is 34.9. The van der Waals surface area contributed by atoms with Crippen LogP contribution >= 0.6 is 15.9 Å². The Kier molecular flexibility index (Phi) is 9.22. The number of anilines is 2. The monoisotopic (exact) mass is 737 g/mol. The standard InChI is InChI=1S/C37H30BrF2N7O3/c1-20-27(7-4-8-28(20)43-34-31-29(16-26(38)18-42-31)44-35(46-34)33(39)40)23-5-3-6-24(15-23)36-45-30-14-21(13-25(17-41)32(30)50-36)19-47-11-9-22(10-12-47)37(48)49-2/h3-8,13-16,18,22,33H,9-12,19H2,1-2H3,(H,43,44,46). The molecule has 50 heavy (non-hydrogen) atoms. The highest BCUT2D eigenvalue weighted by Gasteiger charge is 2.26. The third-order valence-corrected chi connectivity index (χ3v) is 9.35. The second-order valence-electron chi connectivity index (χ2n) is 12.1. The number of halogens is 3. The normalized spacial score (nSPS) is 13.9. The summed E-state index contributed by atoms with van der Waals surface area (Å²) in [6.45, 7) is 4.08. The Labute approximate surface area is 294 Å². The highest BCUT2D eigenvalue weighted by Crippen LogP contribution is 2.35. The Morgan fingerprint density at radius 2 is 1.86 bits per heavy atom. The minimum absolute atomic E-state index is 0.0788. The first-order chi connectivity index (χ1) is 24.2. The van der Waals surface area contributed by atoms with Crippen LogP contribution in [0.4, 0.5) is 20.3 Å². The maximum atomic E-state index is 13.7. The van der Waals surface area contributed by atoms with E-state index in [2.05, 4.69) is 47.2 Å². The SMILES string of the molecule is COC(=O)C1CCN(Cc2cc(C#N)c3oc(-c4cccc(-c5cccc(Nc6nc(C(F)F)nc7cc(Br)cnc67)c5C)c4)nc3c2)CC1. The lowest BCUT2D eigenvalue weighted by atomic mass is 9.96.